The third-order valence-electron chi connectivity index (χ3n) is 3.64. The molecule has 2 aromatic rings. The van der Waals surface area contributed by atoms with E-state index in [0.29, 0.717) is 10.8 Å². The lowest BCUT2D eigenvalue weighted by Gasteiger charge is -2.22. The molecule has 5 heteroatoms. The minimum absolute atomic E-state index is 0.420. The van der Waals surface area contributed by atoms with Gasteiger partial charge in [0.15, 0.2) is 0 Å². The van der Waals surface area contributed by atoms with Crippen LogP contribution in [0.1, 0.15) is 25.6 Å². The third-order valence-corrected chi connectivity index (χ3v) is 4.09. The molecule has 0 amide bonds. The molecular weight excluding hydrogens is 284 g/mol. The van der Waals surface area contributed by atoms with Crippen LogP contribution in [0.15, 0.2) is 30.3 Å². The van der Waals surface area contributed by atoms with Crippen LogP contribution in [-0.4, -0.2) is 27.5 Å². The quantitative estimate of drug-likeness (QED) is 0.847. The summed E-state index contributed by atoms with van der Waals surface area (Å²) in [6.45, 7) is 5.62. The van der Waals surface area contributed by atoms with E-state index >= 15 is 0 Å². The first-order valence-corrected chi connectivity index (χ1v) is 7.43. The van der Waals surface area contributed by atoms with E-state index in [4.69, 9.17) is 11.6 Å². The summed E-state index contributed by atoms with van der Waals surface area (Å²) < 4.78 is 1.83. The zero-order valence-corrected chi connectivity index (χ0v) is 13.3. The van der Waals surface area contributed by atoms with Gasteiger partial charge in [0, 0.05) is 12.6 Å². The molecule has 1 heterocycles. The molecule has 0 aliphatic rings. The lowest BCUT2D eigenvalue weighted by atomic mass is 10.2. The molecule has 0 saturated carbocycles. The standard InChI is InChI=1S/C16H19ClN4/c1-4-21(5-2)13(11-18)14-15(17)20(3)16(19-14)12-9-7-6-8-10-12/h6-10,13H,4-5H2,1-3H3. The van der Waals surface area contributed by atoms with Crippen LogP contribution < -0.4 is 0 Å². The van der Waals surface area contributed by atoms with Crippen molar-refractivity contribution in [2.75, 3.05) is 13.1 Å². The molecule has 0 aliphatic carbocycles. The molecule has 1 atom stereocenters. The first-order chi connectivity index (χ1) is 10.1. The average Bonchev–Trinajstić information content (AvgIpc) is 2.82. The van der Waals surface area contributed by atoms with E-state index in [1.165, 1.54) is 0 Å². The predicted molar refractivity (Wildman–Crippen MR) is 84.9 cm³/mol. The van der Waals surface area contributed by atoms with Crippen molar-refractivity contribution in [2.24, 2.45) is 7.05 Å². The summed E-state index contributed by atoms with van der Waals surface area (Å²) in [4.78, 5) is 6.68. The van der Waals surface area contributed by atoms with Crippen LogP contribution in [0.5, 0.6) is 0 Å². The Bertz CT molecular complexity index is 638. The second kappa shape index (κ2) is 6.75. The van der Waals surface area contributed by atoms with Gasteiger partial charge in [0.1, 0.15) is 22.7 Å². The maximum atomic E-state index is 9.51. The summed E-state index contributed by atoms with van der Waals surface area (Å²) in [6, 6.07) is 11.8. The number of nitriles is 1. The summed E-state index contributed by atoms with van der Waals surface area (Å²) in [5, 5.41) is 10.0. The predicted octanol–water partition coefficient (Wildman–Crippen LogP) is 3.65. The van der Waals surface area contributed by atoms with Gasteiger partial charge in [0.2, 0.25) is 0 Å². The highest BCUT2D eigenvalue weighted by Gasteiger charge is 2.25. The first kappa shape index (κ1) is 15.6. The highest BCUT2D eigenvalue weighted by molar-refractivity contribution is 6.30. The Hall–Kier alpha value is -1.83. The SMILES string of the molecule is CCN(CC)C(C#N)c1nc(-c2ccccc2)n(C)c1Cl. The van der Waals surface area contributed by atoms with E-state index in [1.807, 2.05) is 60.7 Å². The Morgan fingerprint density at radius 3 is 2.43 bits per heavy atom. The number of halogens is 1. The molecule has 0 aliphatic heterocycles. The Morgan fingerprint density at radius 1 is 1.29 bits per heavy atom. The van der Waals surface area contributed by atoms with Crippen molar-refractivity contribution in [2.45, 2.75) is 19.9 Å². The second-order valence-corrected chi connectivity index (χ2v) is 5.15. The molecule has 1 aromatic carbocycles. The van der Waals surface area contributed by atoms with Crippen molar-refractivity contribution in [1.82, 2.24) is 14.5 Å². The fraction of sp³-hybridized carbons (Fsp3) is 0.375. The summed E-state index contributed by atoms with van der Waals surface area (Å²) in [6.07, 6.45) is 0. The first-order valence-electron chi connectivity index (χ1n) is 7.05. The third kappa shape index (κ3) is 2.94. The van der Waals surface area contributed by atoms with Gasteiger partial charge in [-0.2, -0.15) is 5.26 Å². The molecule has 110 valence electrons. The molecule has 0 fully saturated rings. The molecule has 0 radical (unpaired) electrons. The van der Waals surface area contributed by atoms with Crippen molar-refractivity contribution in [3.8, 4) is 17.5 Å². The molecule has 1 aromatic heterocycles. The summed E-state index contributed by atoms with van der Waals surface area (Å²) in [7, 11) is 1.87. The molecule has 2 rings (SSSR count). The van der Waals surface area contributed by atoms with Gasteiger partial charge in [-0.1, -0.05) is 55.8 Å². The van der Waals surface area contributed by atoms with Crippen LogP contribution in [0, 0.1) is 11.3 Å². The minimum atomic E-state index is -0.420. The number of hydrogen-bond acceptors (Lipinski definition) is 3. The van der Waals surface area contributed by atoms with E-state index in [0.717, 1.165) is 24.5 Å². The highest BCUT2D eigenvalue weighted by Crippen LogP contribution is 2.30. The van der Waals surface area contributed by atoms with E-state index < -0.39 is 6.04 Å². The smallest absolute Gasteiger partial charge is 0.144 e. The van der Waals surface area contributed by atoms with Crippen molar-refractivity contribution < 1.29 is 0 Å². The maximum absolute atomic E-state index is 9.51. The fourth-order valence-electron chi connectivity index (χ4n) is 2.42. The van der Waals surface area contributed by atoms with Gasteiger partial charge in [0.25, 0.3) is 0 Å². The van der Waals surface area contributed by atoms with E-state index in [1.54, 1.807) is 0 Å². The van der Waals surface area contributed by atoms with E-state index in [9.17, 15) is 5.26 Å². The van der Waals surface area contributed by atoms with Gasteiger partial charge in [-0.05, 0) is 13.1 Å². The zero-order chi connectivity index (χ0) is 15.4. The van der Waals surface area contributed by atoms with Crippen molar-refractivity contribution >= 4 is 11.6 Å². The molecule has 0 spiro atoms. The van der Waals surface area contributed by atoms with E-state index in [-0.39, 0.29) is 0 Å². The second-order valence-electron chi connectivity index (χ2n) is 4.79. The summed E-state index contributed by atoms with van der Waals surface area (Å²) in [5.74, 6) is 0.781. The molecule has 4 nitrogen and oxygen atoms in total. The Labute approximate surface area is 130 Å². The largest absolute Gasteiger partial charge is 0.318 e. The number of hydrogen-bond donors (Lipinski definition) is 0. The van der Waals surface area contributed by atoms with Crippen molar-refractivity contribution in [3.05, 3.63) is 41.2 Å². The number of nitrogens with zero attached hydrogens (tertiary/aromatic N) is 4. The van der Waals surface area contributed by atoms with Gasteiger partial charge in [-0.25, -0.2) is 4.98 Å². The van der Waals surface area contributed by atoms with Crippen LogP contribution in [0.25, 0.3) is 11.4 Å². The highest BCUT2D eigenvalue weighted by atomic mass is 35.5. The fourth-order valence-corrected chi connectivity index (χ4v) is 2.65. The lowest BCUT2D eigenvalue weighted by molar-refractivity contribution is 0.259. The van der Waals surface area contributed by atoms with Crippen LogP contribution in [0.4, 0.5) is 0 Å². The Morgan fingerprint density at radius 2 is 1.90 bits per heavy atom. The van der Waals surface area contributed by atoms with Crippen LogP contribution in [0.2, 0.25) is 5.15 Å². The molecule has 0 bridgehead atoms. The monoisotopic (exact) mass is 302 g/mol. The van der Waals surface area contributed by atoms with Gasteiger partial charge < -0.3 is 4.57 Å². The van der Waals surface area contributed by atoms with Crippen molar-refractivity contribution in [3.63, 3.8) is 0 Å². The molecular formula is C16H19ClN4. The summed E-state index contributed by atoms with van der Waals surface area (Å²) >= 11 is 6.42. The number of benzene rings is 1. The minimum Gasteiger partial charge on any atom is -0.318 e. The molecule has 21 heavy (non-hydrogen) atoms. The topological polar surface area (TPSA) is 44.9 Å². The van der Waals surface area contributed by atoms with Crippen LogP contribution >= 0.6 is 11.6 Å². The molecule has 0 N–H and O–H groups in total. The lowest BCUT2D eigenvalue weighted by Crippen LogP contribution is -2.28. The number of rotatable bonds is 5. The number of imidazole rings is 1. The Balaban J connectivity index is 2.50. The Kier molecular flexibility index (Phi) is 5.00. The van der Waals surface area contributed by atoms with Crippen LogP contribution in [-0.2, 0) is 7.05 Å². The van der Waals surface area contributed by atoms with E-state index in [2.05, 4.69) is 11.1 Å². The molecule has 1 unspecified atom stereocenters. The van der Waals surface area contributed by atoms with Crippen molar-refractivity contribution in [1.29, 1.82) is 5.26 Å². The van der Waals surface area contributed by atoms with Gasteiger partial charge in [0.05, 0.1) is 6.07 Å². The number of aromatic nitrogens is 2. The maximum Gasteiger partial charge on any atom is 0.144 e. The average molecular weight is 303 g/mol. The summed E-state index contributed by atoms with van der Waals surface area (Å²) in [5.41, 5.74) is 1.62. The van der Waals surface area contributed by atoms with Gasteiger partial charge in [-0.15, -0.1) is 0 Å². The zero-order valence-electron chi connectivity index (χ0n) is 12.5. The van der Waals surface area contributed by atoms with Gasteiger partial charge in [-0.3, -0.25) is 4.90 Å². The molecule has 0 saturated heterocycles. The van der Waals surface area contributed by atoms with Crippen LogP contribution in [0.3, 0.4) is 0 Å². The van der Waals surface area contributed by atoms with Gasteiger partial charge >= 0.3 is 0 Å². The normalized spacial score (nSPS) is 12.4.